The Hall–Kier alpha value is -0.690. The average molecular weight is 185 g/mol. The Bertz CT molecular complexity index is 193. The number of aryl methyl sites for hydroxylation is 1. The van der Waals surface area contributed by atoms with Crippen LogP contribution in [0.25, 0.3) is 0 Å². The molecule has 2 heteroatoms. The van der Waals surface area contributed by atoms with Gasteiger partial charge in [-0.3, -0.25) is 0 Å². The SMILES string of the molecule is CCCc1ccc(OCCl)cc1. The van der Waals surface area contributed by atoms with E-state index in [0.29, 0.717) is 0 Å². The zero-order chi connectivity index (χ0) is 8.81. The minimum absolute atomic E-state index is 0.215. The first-order chi connectivity index (χ1) is 5.86. The predicted octanol–water partition coefficient (Wildman–Crippen LogP) is 3.21. The van der Waals surface area contributed by atoms with Crippen molar-refractivity contribution in [2.75, 3.05) is 6.07 Å². The van der Waals surface area contributed by atoms with Crippen molar-refractivity contribution >= 4 is 11.6 Å². The minimum atomic E-state index is 0.215. The molecule has 0 aromatic heterocycles. The van der Waals surface area contributed by atoms with Crippen LogP contribution in [0.2, 0.25) is 0 Å². The van der Waals surface area contributed by atoms with Crippen LogP contribution in [0.15, 0.2) is 24.3 Å². The van der Waals surface area contributed by atoms with E-state index in [4.69, 9.17) is 16.3 Å². The van der Waals surface area contributed by atoms with E-state index in [1.807, 2.05) is 12.1 Å². The smallest absolute Gasteiger partial charge is 0.162 e. The Morgan fingerprint density at radius 2 is 1.92 bits per heavy atom. The molecule has 0 radical (unpaired) electrons. The van der Waals surface area contributed by atoms with E-state index in [1.165, 1.54) is 12.0 Å². The molecule has 12 heavy (non-hydrogen) atoms. The van der Waals surface area contributed by atoms with E-state index in [-0.39, 0.29) is 6.07 Å². The quantitative estimate of drug-likeness (QED) is 0.653. The molecule has 1 rings (SSSR count). The first-order valence-electron chi connectivity index (χ1n) is 4.14. The molecule has 66 valence electrons. The van der Waals surface area contributed by atoms with Gasteiger partial charge >= 0.3 is 0 Å². The number of halogens is 1. The van der Waals surface area contributed by atoms with Gasteiger partial charge in [0.05, 0.1) is 0 Å². The molecule has 1 nitrogen and oxygen atoms in total. The Labute approximate surface area is 78.3 Å². The standard InChI is InChI=1S/C10H13ClO/c1-2-3-9-4-6-10(7-5-9)12-8-11/h4-7H,2-3,8H2,1H3. The summed E-state index contributed by atoms with van der Waals surface area (Å²) >= 11 is 5.41. The van der Waals surface area contributed by atoms with Gasteiger partial charge in [0.2, 0.25) is 0 Å². The third kappa shape index (κ3) is 2.74. The fourth-order valence-corrected chi connectivity index (χ4v) is 1.23. The van der Waals surface area contributed by atoms with E-state index in [0.717, 1.165) is 12.2 Å². The number of hydrogen-bond donors (Lipinski definition) is 0. The van der Waals surface area contributed by atoms with E-state index in [1.54, 1.807) is 0 Å². The van der Waals surface area contributed by atoms with Gasteiger partial charge in [-0.1, -0.05) is 37.1 Å². The maximum atomic E-state index is 5.41. The molecule has 0 aliphatic rings. The summed E-state index contributed by atoms with van der Waals surface area (Å²) in [6, 6.07) is 8.27. The normalized spacial score (nSPS) is 9.83. The van der Waals surface area contributed by atoms with E-state index >= 15 is 0 Å². The fourth-order valence-electron chi connectivity index (χ4n) is 1.10. The van der Waals surface area contributed by atoms with Gasteiger partial charge in [-0.25, -0.2) is 0 Å². The zero-order valence-electron chi connectivity index (χ0n) is 7.22. The Morgan fingerprint density at radius 3 is 2.42 bits per heavy atom. The Morgan fingerprint density at radius 1 is 1.25 bits per heavy atom. The van der Waals surface area contributed by atoms with Crippen molar-refractivity contribution in [3.63, 3.8) is 0 Å². The van der Waals surface area contributed by atoms with Crippen LogP contribution in [0.1, 0.15) is 18.9 Å². The zero-order valence-corrected chi connectivity index (χ0v) is 7.97. The molecule has 0 saturated carbocycles. The lowest BCUT2D eigenvalue weighted by atomic mass is 10.1. The van der Waals surface area contributed by atoms with Crippen LogP contribution < -0.4 is 4.74 Å². The fraction of sp³-hybridized carbons (Fsp3) is 0.400. The third-order valence-corrected chi connectivity index (χ3v) is 1.79. The second kappa shape index (κ2) is 5.04. The van der Waals surface area contributed by atoms with E-state index in [2.05, 4.69) is 19.1 Å². The van der Waals surface area contributed by atoms with Crippen molar-refractivity contribution in [3.8, 4) is 5.75 Å². The molecule has 0 aliphatic carbocycles. The maximum absolute atomic E-state index is 5.41. The molecular formula is C10H13ClO. The second-order valence-corrected chi connectivity index (χ2v) is 2.87. The molecule has 0 unspecified atom stereocenters. The monoisotopic (exact) mass is 184 g/mol. The van der Waals surface area contributed by atoms with Gasteiger partial charge in [0.15, 0.2) is 6.07 Å². The summed E-state index contributed by atoms with van der Waals surface area (Å²) in [5, 5.41) is 0. The summed E-state index contributed by atoms with van der Waals surface area (Å²) in [6.45, 7) is 2.17. The summed E-state index contributed by atoms with van der Waals surface area (Å²) in [5.74, 6) is 0.838. The molecule has 0 fully saturated rings. The highest BCUT2D eigenvalue weighted by atomic mass is 35.5. The summed E-state index contributed by atoms with van der Waals surface area (Å²) in [6.07, 6.45) is 2.30. The number of alkyl halides is 1. The van der Waals surface area contributed by atoms with Gasteiger partial charge in [-0.2, -0.15) is 0 Å². The molecule has 0 spiro atoms. The lowest BCUT2D eigenvalue weighted by molar-refractivity contribution is 0.388. The molecule has 0 N–H and O–H groups in total. The Balaban J connectivity index is 2.58. The van der Waals surface area contributed by atoms with E-state index in [9.17, 15) is 0 Å². The van der Waals surface area contributed by atoms with Gasteiger partial charge in [0.1, 0.15) is 5.75 Å². The molecule has 1 aromatic rings. The summed E-state index contributed by atoms with van der Waals surface area (Å²) in [7, 11) is 0. The highest BCUT2D eigenvalue weighted by Gasteiger charge is 1.92. The molecular weight excluding hydrogens is 172 g/mol. The third-order valence-electron chi connectivity index (χ3n) is 1.68. The lowest BCUT2D eigenvalue weighted by Crippen LogP contribution is -1.89. The number of hydrogen-bond acceptors (Lipinski definition) is 1. The molecule has 0 saturated heterocycles. The summed E-state index contributed by atoms with van der Waals surface area (Å²) in [4.78, 5) is 0. The van der Waals surface area contributed by atoms with Crippen LogP contribution in [0.4, 0.5) is 0 Å². The van der Waals surface area contributed by atoms with Gasteiger partial charge < -0.3 is 4.74 Å². The van der Waals surface area contributed by atoms with Crippen molar-refractivity contribution in [3.05, 3.63) is 29.8 Å². The van der Waals surface area contributed by atoms with Crippen molar-refractivity contribution in [1.29, 1.82) is 0 Å². The average Bonchev–Trinajstić information content (AvgIpc) is 2.09. The predicted molar refractivity (Wildman–Crippen MR) is 51.8 cm³/mol. The summed E-state index contributed by atoms with van der Waals surface area (Å²) in [5.41, 5.74) is 1.35. The number of ether oxygens (including phenoxy) is 1. The van der Waals surface area contributed by atoms with Crippen molar-refractivity contribution in [2.24, 2.45) is 0 Å². The molecule has 0 bridgehead atoms. The van der Waals surface area contributed by atoms with Crippen LogP contribution >= 0.6 is 11.6 Å². The topological polar surface area (TPSA) is 9.23 Å². The van der Waals surface area contributed by atoms with Crippen LogP contribution in [0, 0.1) is 0 Å². The van der Waals surface area contributed by atoms with Gasteiger partial charge in [-0.15, -0.1) is 0 Å². The van der Waals surface area contributed by atoms with Crippen molar-refractivity contribution in [1.82, 2.24) is 0 Å². The first kappa shape index (κ1) is 9.40. The van der Waals surface area contributed by atoms with Crippen LogP contribution in [-0.4, -0.2) is 6.07 Å². The van der Waals surface area contributed by atoms with Crippen LogP contribution in [-0.2, 0) is 6.42 Å². The van der Waals surface area contributed by atoms with Crippen molar-refractivity contribution in [2.45, 2.75) is 19.8 Å². The molecule has 0 heterocycles. The van der Waals surface area contributed by atoms with Crippen LogP contribution in [0.5, 0.6) is 5.75 Å². The Kier molecular flexibility index (Phi) is 3.95. The maximum Gasteiger partial charge on any atom is 0.162 e. The van der Waals surface area contributed by atoms with Gasteiger partial charge in [-0.05, 0) is 24.1 Å². The highest BCUT2D eigenvalue weighted by molar-refractivity contribution is 6.17. The summed E-state index contributed by atoms with van der Waals surface area (Å²) < 4.78 is 5.10. The van der Waals surface area contributed by atoms with Crippen molar-refractivity contribution < 1.29 is 4.74 Å². The number of rotatable bonds is 4. The molecule has 0 amide bonds. The van der Waals surface area contributed by atoms with Crippen LogP contribution in [0.3, 0.4) is 0 Å². The largest absolute Gasteiger partial charge is 0.478 e. The molecule has 0 atom stereocenters. The number of benzene rings is 1. The molecule has 1 aromatic carbocycles. The lowest BCUT2D eigenvalue weighted by Gasteiger charge is -2.02. The highest BCUT2D eigenvalue weighted by Crippen LogP contribution is 2.13. The molecule has 0 aliphatic heterocycles. The van der Waals surface area contributed by atoms with Gasteiger partial charge in [0, 0.05) is 0 Å². The minimum Gasteiger partial charge on any atom is -0.478 e. The second-order valence-electron chi connectivity index (χ2n) is 2.65. The van der Waals surface area contributed by atoms with E-state index < -0.39 is 0 Å². The first-order valence-corrected chi connectivity index (χ1v) is 4.68. The van der Waals surface area contributed by atoms with Gasteiger partial charge in [0.25, 0.3) is 0 Å².